The van der Waals surface area contributed by atoms with E-state index in [1.165, 1.54) is 5.56 Å². The molecule has 0 aliphatic carbocycles. The maximum Gasteiger partial charge on any atom is 0.216 e. The fraction of sp³-hybridized carbons (Fsp3) is 0.211. The minimum Gasteiger partial charge on any atom is -0.497 e. The van der Waals surface area contributed by atoms with Crippen molar-refractivity contribution in [2.45, 2.75) is 20.0 Å². The second-order valence-electron chi connectivity index (χ2n) is 5.56. The van der Waals surface area contributed by atoms with E-state index in [2.05, 4.69) is 34.4 Å². The zero-order valence-electron chi connectivity index (χ0n) is 14.7. The van der Waals surface area contributed by atoms with Crippen molar-refractivity contribution in [3.8, 4) is 11.5 Å². The minimum atomic E-state index is 0.229. The average Bonchev–Trinajstić information content (AvgIpc) is 3.05. The molecule has 1 aromatic heterocycles. The number of aryl methyl sites for hydroxylation is 1. The van der Waals surface area contributed by atoms with Gasteiger partial charge >= 0.3 is 0 Å². The summed E-state index contributed by atoms with van der Waals surface area (Å²) in [6.07, 6.45) is 2.76. The largest absolute Gasteiger partial charge is 0.497 e. The van der Waals surface area contributed by atoms with Crippen LogP contribution in [0.1, 0.15) is 23.9 Å². The second kappa shape index (κ2) is 8.44. The number of nitrogens with one attached hydrogen (secondary N) is 1. The van der Waals surface area contributed by atoms with Gasteiger partial charge in [-0.25, -0.2) is 5.10 Å². The van der Waals surface area contributed by atoms with Gasteiger partial charge in [-0.2, -0.15) is 14.9 Å². The van der Waals surface area contributed by atoms with Crippen LogP contribution in [0.25, 0.3) is 0 Å². The molecule has 0 saturated carbocycles. The van der Waals surface area contributed by atoms with Crippen molar-refractivity contribution in [2.75, 3.05) is 7.11 Å². The first-order valence-electron chi connectivity index (χ1n) is 8.26. The van der Waals surface area contributed by atoms with Gasteiger partial charge in [-0.15, -0.1) is 0 Å². The highest BCUT2D eigenvalue weighted by molar-refractivity contribution is 7.71. The number of nitrogens with zero attached hydrogens (tertiary/aromatic N) is 3. The number of methoxy groups -OCH3 is 1. The summed E-state index contributed by atoms with van der Waals surface area (Å²) in [4.78, 5) is 0. The fourth-order valence-corrected chi connectivity index (χ4v) is 2.54. The molecule has 0 bridgehead atoms. The molecule has 0 unspecified atom stereocenters. The van der Waals surface area contributed by atoms with Gasteiger partial charge in [-0.1, -0.05) is 37.3 Å². The van der Waals surface area contributed by atoms with Gasteiger partial charge in [0.15, 0.2) is 5.82 Å². The van der Waals surface area contributed by atoms with Crippen molar-refractivity contribution in [2.24, 2.45) is 5.10 Å². The second-order valence-corrected chi connectivity index (χ2v) is 5.95. The van der Waals surface area contributed by atoms with Crippen LogP contribution >= 0.6 is 12.2 Å². The van der Waals surface area contributed by atoms with Crippen molar-refractivity contribution in [1.29, 1.82) is 0 Å². The van der Waals surface area contributed by atoms with E-state index in [9.17, 15) is 0 Å². The predicted molar refractivity (Wildman–Crippen MR) is 104 cm³/mol. The van der Waals surface area contributed by atoms with Crippen LogP contribution in [0.2, 0.25) is 0 Å². The molecule has 7 heteroatoms. The first-order chi connectivity index (χ1) is 12.7. The SMILES string of the molecule is CCc1ccc(/C=N\n2c(COc3cccc(OC)c3)n[nH]c2=S)cc1. The summed E-state index contributed by atoms with van der Waals surface area (Å²) in [7, 11) is 1.62. The van der Waals surface area contributed by atoms with E-state index < -0.39 is 0 Å². The van der Waals surface area contributed by atoms with Gasteiger partial charge < -0.3 is 9.47 Å². The molecule has 0 amide bonds. The van der Waals surface area contributed by atoms with Crippen LogP contribution < -0.4 is 9.47 Å². The molecule has 1 N–H and O–H groups in total. The van der Waals surface area contributed by atoms with E-state index in [1.54, 1.807) is 18.0 Å². The van der Waals surface area contributed by atoms with E-state index in [-0.39, 0.29) is 6.61 Å². The molecule has 0 aliphatic heterocycles. The molecule has 26 heavy (non-hydrogen) atoms. The number of hydrogen-bond donors (Lipinski definition) is 1. The Kier molecular flexibility index (Phi) is 5.80. The summed E-state index contributed by atoms with van der Waals surface area (Å²) in [6.45, 7) is 2.36. The van der Waals surface area contributed by atoms with E-state index in [1.807, 2.05) is 36.4 Å². The van der Waals surface area contributed by atoms with Gasteiger partial charge in [-0.05, 0) is 41.9 Å². The Morgan fingerprint density at radius 1 is 1.19 bits per heavy atom. The van der Waals surface area contributed by atoms with Gasteiger partial charge in [0.2, 0.25) is 4.77 Å². The first-order valence-corrected chi connectivity index (χ1v) is 8.67. The van der Waals surface area contributed by atoms with Crippen LogP contribution in [-0.4, -0.2) is 28.2 Å². The Morgan fingerprint density at radius 2 is 1.96 bits per heavy atom. The van der Waals surface area contributed by atoms with E-state index in [0.717, 1.165) is 17.7 Å². The molecule has 2 aromatic carbocycles. The number of ether oxygens (including phenoxy) is 2. The van der Waals surface area contributed by atoms with E-state index in [4.69, 9.17) is 21.7 Å². The normalized spacial score (nSPS) is 11.0. The molecule has 6 nitrogen and oxygen atoms in total. The number of aromatic amines is 1. The monoisotopic (exact) mass is 368 g/mol. The summed E-state index contributed by atoms with van der Waals surface area (Å²) < 4.78 is 12.9. The highest BCUT2D eigenvalue weighted by Gasteiger charge is 2.06. The van der Waals surface area contributed by atoms with Crippen molar-refractivity contribution >= 4 is 18.4 Å². The Hall–Kier alpha value is -2.93. The minimum absolute atomic E-state index is 0.229. The number of rotatable bonds is 7. The fourth-order valence-electron chi connectivity index (χ4n) is 2.34. The van der Waals surface area contributed by atoms with E-state index in [0.29, 0.717) is 16.3 Å². The first kappa shape index (κ1) is 17.9. The number of hydrogen-bond acceptors (Lipinski definition) is 5. The third-order valence-electron chi connectivity index (χ3n) is 3.84. The molecule has 0 aliphatic rings. The van der Waals surface area contributed by atoms with Crippen molar-refractivity contribution < 1.29 is 9.47 Å². The number of H-pyrrole nitrogens is 1. The standard InChI is InChI=1S/C19H20N4O2S/c1-3-14-7-9-15(10-8-14)12-20-23-18(21-22-19(23)26)13-25-17-6-4-5-16(11-17)24-2/h4-12H,3,13H2,1-2H3,(H,22,26)/b20-12-. The molecular formula is C19H20N4O2S. The van der Waals surface area contributed by atoms with Crippen LogP contribution in [0, 0.1) is 4.77 Å². The zero-order valence-corrected chi connectivity index (χ0v) is 15.5. The third-order valence-corrected chi connectivity index (χ3v) is 4.10. The molecule has 0 saturated heterocycles. The van der Waals surface area contributed by atoms with Gasteiger partial charge in [-0.3, -0.25) is 0 Å². The van der Waals surface area contributed by atoms with Gasteiger partial charge in [0.25, 0.3) is 0 Å². The quantitative estimate of drug-likeness (QED) is 0.506. The predicted octanol–water partition coefficient (Wildman–Crippen LogP) is 3.97. The molecule has 0 radical (unpaired) electrons. The van der Waals surface area contributed by atoms with Gasteiger partial charge in [0.1, 0.15) is 18.1 Å². The summed E-state index contributed by atoms with van der Waals surface area (Å²) in [6, 6.07) is 15.6. The lowest BCUT2D eigenvalue weighted by molar-refractivity contribution is 0.288. The van der Waals surface area contributed by atoms with Crippen LogP contribution in [-0.2, 0) is 13.0 Å². The summed E-state index contributed by atoms with van der Waals surface area (Å²) >= 11 is 5.25. The van der Waals surface area contributed by atoms with E-state index >= 15 is 0 Å². The molecule has 3 aromatic rings. The molecule has 0 fully saturated rings. The Morgan fingerprint density at radius 3 is 2.69 bits per heavy atom. The van der Waals surface area contributed by atoms with Crippen molar-refractivity contribution in [3.63, 3.8) is 0 Å². The lowest BCUT2D eigenvalue weighted by Gasteiger charge is -2.07. The maximum absolute atomic E-state index is 5.77. The van der Waals surface area contributed by atoms with Crippen LogP contribution in [0.5, 0.6) is 11.5 Å². The molecule has 1 heterocycles. The third kappa shape index (κ3) is 4.37. The summed E-state index contributed by atoms with van der Waals surface area (Å²) in [5.74, 6) is 2.00. The van der Waals surface area contributed by atoms with Crippen molar-refractivity contribution in [3.05, 3.63) is 70.3 Å². The highest BCUT2D eigenvalue weighted by atomic mass is 32.1. The highest BCUT2D eigenvalue weighted by Crippen LogP contribution is 2.19. The lowest BCUT2D eigenvalue weighted by atomic mass is 10.1. The average molecular weight is 368 g/mol. The van der Waals surface area contributed by atoms with Crippen LogP contribution in [0.4, 0.5) is 0 Å². The van der Waals surface area contributed by atoms with Crippen molar-refractivity contribution in [1.82, 2.24) is 14.9 Å². The van der Waals surface area contributed by atoms with Gasteiger partial charge in [0.05, 0.1) is 13.3 Å². The van der Waals surface area contributed by atoms with Crippen LogP contribution in [0.15, 0.2) is 53.6 Å². The van der Waals surface area contributed by atoms with Gasteiger partial charge in [0, 0.05) is 6.07 Å². The maximum atomic E-state index is 5.77. The zero-order chi connectivity index (χ0) is 18.4. The number of aromatic nitrogens is 3. The Labute approximate surface area is 157 Å². The molecule has 0 atom stereocenters. The van der Waals surface area contributed by atoms with Crippen LogP contribution in [0.3, 0.4) is 0 Å². The Bertz CT molecular complexity index is 945. The molecule has 0 spiro atoms. The Balaban J connectivity index is 1.73. The summed E-state index contributed by atoms with van der Waals surface area (Å²) in [5, 5.41) is 11.4. The number of benzene rings is 2. The smallest absolute Gasteiger partial charge is 0.216 e. The molecular weight excluding hydrogens is 348 g/mol. The summed E-state index contributed by atoms with van der Waals surface area (Å²) in [5.41, 5.74) is 2.28. The lowest BCUT2D eigenvalue weighted by Crippen LogP contribution is -2.04. The topological polar surface area (TPSA) is 64.4 Å². The molecule has 3 rings (SSSR count). The molecule has 134 valence electrons.